The van der Waals surface area contributed by atoms with Crippen LogP contribution in [0.3, 0.4) is 0 Å². The highest BCUT2D eigenvalue weighted by atomic mass is 16.5. The third-order valence-corrected chi connectivity index (χ3v) is 4.84. The van der Waals surface area contributed by atoms with Crippen molar-refractivity contribution >= 4 is 5.69 Å². The summed E-state index contributed by atoms with van der Waals surface area (Å²) in [5.74, 6) is 0.624. The topological polar surface area (TPSA) is 32.7 Å². The van der Waals surface area contributed by atoms with Gasteiger partial charge in [-0.25, -0.2) is 0 Å². The summed E-state index contributed by atoms with van der Waals surface area (Å²) in [5, 5.41) is 9.68. The van der Waals surface area contributed by atoms with Crippen LogP contribution in [0, 0.1) is 6.92 Å². The average molecular weight is 275 g/mol. The van der Waals surface area contributed by atoms with E-state index in [-0.39, 0.29) is 6.10 Å². The van der Waals surface area contributed by atoms with Crippen molar-refractivity contribution in [3.8, 4) is 0 Å². The lowest BCUT2D eigenvalue weighted by molar-refractivity contribution is 0.121. The van der Waals surface area contributed by atoms with Gasteiger partial charge >= 0.3 is 0 Å². The Hall–Kier alpha value is -1.06. The third-order valence-electron chi connectivity index (χ3n) is 4.84. The van der Waals surface area contributed by atoms with E-state index in [1.54, 1.807) is 0 Å². The third kappa shape index (κ3) is 2.84. The predicted molar refractivity (Wildman–Crippen MR) is 81.4 cm³/mol. The van der Waals surface area contributed by atoms with E-state index in [1.807, 2.05) is 0 Å². The summed E-state index contributed by atoms with van der Waals surface area (Å²) in [6, 6.07) is 6.71. The first-order valence-corrected chi connectivity index (χ1v) is 7.86. The lowest BCUT2D eigenvalue weighted by atomic mass is 9.81. The second kappa shape index (κ2) is 6.15. The van der Waals surface area contributed by atoms with Crippen LogP contribution in [0.5, 0.6) is 0 Å². The van der Waals surface area contributed by atoms with Crippen molar-refractivity contribution in [2.24, 2.45) is 0 Å². The first kappa shape index (κ1) is 13.9. The number of hydrogen-bond donors (Lipinski definition) is 1. The molecule has 1 aliphatic carbocycles. The van der Waals surface area contributed by atoms with E-state index in [1.165, 1.54) is 16.8 Å². The highest BCUT2D eigenvalue weighted by molar-refractivity contribution is 5.57. The lowest BCUT2D eigenvalue weighted by Crippen LogP contribution is -2.36. The molecule has 3 nitrogen and oxygen atoms in total. The summed E-state index contributed by atoms with van der Waals surface area (Å²) in [7, 11) is 0. The SMILES string of the molecule is Cc1c(N2CCOCC2)cccc1[C@H]1CC[C@H](O)CC1. The molecule has 3 heteroatoms. The fourth-order valence-electron chi connectivity index (χ4n) is 3.62. The molecule has 0 aromatic heterocycles. The Morgan fingerprint density at radius 3 is 2.50 bits per heavy atom. The number of benzene rings is 1. The minimum absolute atomic E-state index is 0.0750. The van der Waals surface area contributed by atoms with Crippen LogP contribution in [-0.2, 0) is 4.74 Å². The molecule has 0 spiro atoms. The maximum atomic E-state index is 9.68. The van der Waals surface area contributed by atoms with Gasteiger partial charge in [0.2, 0.25) is 0 Å². The minimum atomic E-state index is -0.0750. The van der Waals surface area contributed by atoms with E-state index < -0.39 is 0 Å². The Morgan fingerprint density at radius 1 is 1.10 bits per heavy atom. The number of nitrogens with zero attached hydrogens (tertiary/aromatic N) is 1. The summed E-state index contributed by atoms with van der Waals surface area (Å²) in [6.07, 6.45) is 4.06. The number of anilines is 1. The van der Waals surface area contributed by atoms with Gasteiger partial charge in [-0.15, -0.1) is 0 Å². The first-order chi connectivity index (χ1) is 9.75. The van der Waals surface area contributed by atoms with E-state index in [4.69, 9.17) is 4.74 Å². The first-order valence-electron chi connectivity index (χ1n) is 7.86. The highest BCUT2D eigenvalue weighted by Crippen LogP contribution is 2.37. The van der Waals surface area contributed by atoms with Gasteiger partial charge in [-0.05, 0) is 55.7 Å². The van der Waals surface area contributed by atoms with Gasteiger partial charge in [0.05, 0.1) is 19.3 Å². The number of aliphatic hydroxyl groups excluding tert-OH is 1. The zero-order chi connectivity index (χ0) is 13.9. The van der Waals surface area contributed by atoms with E-state index >= 15 is 0 Å². The van der Waals surface area contributed by atoms with Crippen molar-refractivity contribution in [2.45, 2.75) is 44.6 Å². The number of morpholine rings is 1. The second-order valence-electron chi connectivity index (χ2n) is 6.10. The molecule has 1 saturated heterocycles. The molecule has 0 amide bonds. The summed E-state index contributed by atoms with van der Waals surface area (Å²) in [6.45, 7) is 5.91. The van der Waals surface area contributed by atoms with Crippen LogP contribution in [0.4, 0.5) is 5.69 Å². The summed E-state index contributed by atoms with van der Waals surface area (Å²) >= 11 is 0. The molecule has 0 unspecified atom stereocenters. The number of aliphatic hydroxyl groups is 1. The zero-order valence-corrected chi connectivity index (χ0v) is 12.3. The van der Waals surface area contributed by atoms with Crippen LogP contribution in [0.2, 0.25) is 0 Å². The van der Waals surface area contributed by atoms with Crippen molar-refractivity contribution in [3.63, 3.8) is 0 Å². The summed E-state index contributed by atoms with van der Waals surface area (Å²) < 4.78 is 5.45. The monoisotopic (exact) mass is 275 g/mol. The van der Waals surface area contributed by atoms with E-state index in [2.05, 4.69) is 30.0 Å². The quantitative estimate of drug-likeness (QED) is 0.901. The van der Waals surface area contributed by atoms with Gasteiger partial charge in [0.1, 0.15) is 0 Å². The maximum absolute atomic E-state index is 9.68. The van der Waals surface area contributed by atoms with Gasteiger partial charge < -0.3 is 14.7 Å². The molecule has 1 N–H and O–H groups in total. The van der Waals surface area contributed by atoms with Crippen molar-refractivity contribution in [2.75, 3.05) is 31.2 Å². The number of rotatable bonds is 2. The van der Waals surface area contributed by atoms with Gasteiger partial charge in [0.15, 0.2) is 0 Å². The second-order valence-corrected chi connectivity index (χ2v) is 6.10. The lowest BCUT2D eigenvalue weighted by Gasteiger charge is -2.33. The van der Waals surface area contributed by atoms with Crippen molar-refractivity contribution < 1.29 is 9.84 Å². The summed E-state index contributed by atoms with van der Waals surface area (Å²) in [5.41, 5.74) is 4.29. The van der Waals surface area contributed by atoms with Crippen LogP contribution in [0.15, 0.2) is 18.2 Å². The highest BCUT2D eigenvalue weighted by Gasteiger charge is 2.23. The molecule has 20 heavy (non-hydrogen) atoms. The van der Waals surface area contributed by atoms with Gasteiger partial charge in [-0.3, -0.25) is 0 Å². The van der Waals surface area contributed by atoms with Crippen LogP contribution < -0.4 is 4.90 Å². The Labute approximate surface area is 121 Å². The molecule has 3 rings (SSSR count). The van der Waals surface area contributed by atoms with Crippen LogP contribution in [0.1, 0.15) is 42.7 Å². The smallest absolute Gasteiger partial charge is 0.0642 e. The molecule has 1 aromatic rings. The molecular formula is C17H25NO2. The largest absolute Gasteiger partial charge is 0.393 e. The van der Waals surface area contributed by atoms with Crippen molar-refractivity contribution in [1.29, 1.82) is 0 Å². The zero-order valence-electron chi connectivity index (χ0n) is 12.3. The molecule has 0 radical (unpaired) electrons. The van der Waals surface area contributed by atoms with Crippen molar-refractivity contribution in [3.05, 3.63) is 29.3 Å². The maximum Gasteiger partial charge on any atom is 0.0642 e. The molecule has 0 bridgehead atoms. The Bertz CT molecular complexity index is 446. The van der Waals surface area contributed by atoms with E-state index in [0.29, 0.717) is 5.92 Å². The van der Waals surface area contributed by atoms with E-state index in [0.717, 1.165) is 52.0 Å². The average Bonchev–Trinajstić information content (AvgIpc) is 2.49. The fourth-order valence-corrected chi connectivity index (χ4v) is 3.62. The molecule has 2 fully saturated rings. The van der Waals surface area contributed by atoms with Crippen LogP contribution in [0.25, 0.3) is 0 Å². The molecule has 1 heterocycles. The van der Waals surface area contributed by atoms with Gasteiger partial charge in [0, 0.05) is 18.8 Å². The van der Waals surface area contributed by atoms with Gasteiger partial charge in [0.25, 0.3) is 0 Å². The van der Waals surface area contributed by atoms with Crippen LogP contribution in [-0.4, -0.2) is 37.5 Å². The van der Waals surface area contributed by atoms with E-state index in [9.17, 15) is 5.11 Å². The standard InChI is InChI=1S/C17H25NO2/c1-13-16(14-5-7-15(19)8-6-14)3-2-4-17(13)18-9-11-20-12-10-18/h2-4,14-15,19H,5-12H2,1H3/t14-,15-. The predicted octanol–water partition coefficient (Wildman–Crippen LogP) is 2.85. The molecule has 2 aliphatic rings. The molecule has 1 aromatic carbocycles. The van der Waals surface area contributed by atoms with Crippen LogP contribution >= 0.6 is 0 Å². The molecule has 0 atom stereocenters. The number of ether oxygens (including phenoxy) is 1. The van der Waals surface area contributed by atoms with Gasteiger partial charge in [-0.1, -0.05) is 12.1 Å². The molecule has 1 saturated carbocycles. The molecule has 110 valence electrons. The number of hydrogen-bond acceptors (Lipinski definition) is 3. The Balaban J connectivity index is 1.81. The fraction of sp³-hybridized carbons (Fsp3) is 0.647. The normalized spacial score (nSPS) is 27.6. The van der Waals surface area contributed by atoms with Crippen molar-refractivity contribution in [1.82, 2.24) is 0 Å². The Morgan fingerprint density at radius 2 is 1.80 bits per heavy atom. The summed E-state index contributed by atoms with van der Waals surface area (Å²) in [4.78, 5) is 2.44. The minimum Gasteiger partial charge on any atom is -0.393 e. The Kier molecular flexibility index (Phi) is 4.27. The molecular weight excluding hydrogens is 250 g/mol. The van der Waals surface area contributed by atoms with Gasteiger partial charge in [-0.2, -0.15) is 0 Å². The molecule has 1 aliphatic heterocycles.